The third-order valence-corrected chi connectivity index (χ3v) is 1.12. The molecule has 1 aromatic heterocycles. The number of carbonyl (C=O) groups excluding carboxylic acids is 1. The van der Waals surface area contributed by atoms with Crippen LogP contribution in [0.15, 0.2) is 15.8 Å². The smallest absolute Gasteiger partial charge is 0.286 e. The van der Waals surface area contributed by atoms with Crippen LogP contribution in [-0.4, -0.2) is 15.6 Å². The van der Waals surface area contributed by atoms with Crippen LogP contribution in [-0.2, 0) is 53.8 Å². The first-order valence-corrected chi connectivity index (χ1v) is 2.80. The number of nitrogens with one attached hydrogen (secondary N) is 2. The van der Waals surface area contributed by atoms with Crippen molar-refractivity contribution in [2.75, 3.05) is 0 Å². The number of amides is 1. The van der Waals surface area contributed by atoms with Crippen LogP contribution in [0.4, 0.5) is 9.18 Å². The molecule has 1 radical (unpaired) electrons. The standard InChI is InChI=1S/C5H4FN3O3.W.Y/c6-2-1-9(4(7)11)5(12)8-3(2)10;;/h1H,(H3,7,8,10,11,12);;/p-1. The van der Waals surface area contributed by atoms with Gasteiger partial charge in [0.05, 0.1) is 0 Å². The minimum Gasteiger partial charge on any atom is -0.447 e. The van der Waals surface area contributed by atoms with E-state index in [1.54, 1.807) is 0 Å². The molecule has 1 heterocycles. The van der Waals surface area contributed by atoms with E-state index in [0.717, 1.165) is 0 Å². The summed E-state index contributed by atoms with van der Waals surface area (Å²) in [5.41, 5.74) is 4.13. The molecular weight excluding hydrogens is 442 g/mol. The predicted molar refractivity (Wildman–Crippen MR) is 36.4 cm³/mol. The van der Waals surface area contributed by atoms with E-state index in [4.69, 9.17) is 5.73 Å². The molecule has 0 unspecified atom stereocenters. The number of rotatable bonds is 0. The van der Waals surface area contributed by atoms with E-state index in [1.807, 2.05) is 0 Å². The van der Waals surface area contributed by atoms with Gasteiger partial charge in [-0.05, 0) is 6.20 Å². The van der Waals surface area contributed by atoms with Gasteiger partial charge in [0, 0.05) is 53.8 Å². The molecule has 1 rings (SSSR count). The number of nitrogens with zero attached hydrogens (tertiary/aromatic N) is 1. The van der Waals surface area contributed by atoms with Crippen LogP contribution < -0.4 is 11.2 Å². The first-order valence-electron chi connectivity index (χ1n) is 2.80. The fourth-order valence-corrected chi connectivity index (χ4v) is 0.599. The molecule has 0 aliphatic rings. The molecule has 0 saturated carbocycles. The van der Waals surface area contributed by atoms with Crippen LogP contribution in [0, 0.1) is 5.82 Å². The second kappa shape index (κ2) is 6.37. The molecule has 0 spiro atoms. The summed E-state index contributed by atoms with van der Waals surface area (Å²) in [6, 6.07) is -1.41. The molecule has 0 aliphatic heterocycles. The Hall–Kier alpha value is -0.128. The topological polar surface area (TPSA) is 95.7 Å². The van der Waals surface area contributed by atoms with E-state index in [-0.39, 0.29) is 58.3 Å². The maximum Gasteiger partial charge on any atom is 0.286 e. The Bertz CT molecular complexity index is 443. The molecule has 1 amide bonds. The Balaban J connectivity index is 0. The van der Waals surface area contributed by atoms with Gasteiger partial charge in [-0.15, -0.1) is 0 Å². The molecule has 0 fully saturated rings. The van der Waals surface area contributed by atoms with Gasteiger partial charge in [-0.1, -0.05) is 0 Å². The van der Waals surface area contributed by atoms with E-state index < -0.39 is 23.1 Å². The molecule has 0 saturated heterocycles. The average Bonchev–Trinajstić information content (AvgIpc) is 1.96. The van der Waals surface area contributed by atoms with Crippen molar-refractivity contribution in [3.05, 3.63) is 38.6 Å². The number of aromatic amines is 1. The summed E-state index contributed by atoms with van der Waals surface area (Å²) in [6.07, 6.45) is 0.372. The Morgan fingerprint density at radius 3 is 2.43 bits per heavy atom. The van der Waals surface area contributed by atoms with Gasteiger partial charge in [-0.2, -0.15) is 0 Å². The van der Waals surface area contributed by atoms with Crippen molar-refractivity contribution < 1.29 is 63.0 Å². The van der Waals surface area contributed by atoms with Gasteiger partial charge < -0.3 is 10.3 Å². The second-order valence-electron chi connectivity index (χ2n) is 1.91. The van der Waals surface area contributed by atoms with Gasteiger partial charge >= 0.3 is 0 Å². The summed E-state index contributed by atoms with van der Waals surface area (Å²) in [4.78, 5) is 32.8. The van der Waals surface area contributed by atoms with Crippen molar-refractivity contribution in [2.45, 2.75) is 0 Å². The number of halogens is 1. The summed E-state index contributed by atoms with van der Waals surface area (Å²) in [5, 5.41) is 0. The van der Waals surface area contributed by atoms with Crippen LogP contribution in [0.25, 0.3) is 5.73 Å². The molecule has 2 N–H and O–H groups in total. The molecule has 73 valence electrons. The van der Waals surface area contributed by atoms with Crippen molar-refractivity contribution in [2.24, 2.45) is 0 Å². The van der Waals surface area contributed by atoms with Crippen molar-refractivity contribution >= 4 is 6.03 Å². The fraction of sp³-hybridized carbons (Fsp3) is 0. The second-order valence-corrected chi connectivity index (χ2v) is 1.91. The monoisotopic (exact) mass is 445 g/mol. The van der Waals surface area contributed by atoms with Gasteiger partial charge in [0.2, 0.25) is 0 Å². The van der Waals surface area contributed by atoms with Gasteiger partial charge in [-0.25, -0.2) is 4.39 Å². The van der Waals surface area contributed by atoms with Crippen LogP contribution in [0.1, 0.15) is 0 Å². The Morgan fingerprint density at radius 2 is 2.00 bits per heavy atom. The van der Waals surface area contributed by atoms with E-state index >= 15 is 0 Å². The first kappa shape index (κ1) is 16.3. The average molecular weight is 445 g/mol. The quantitative estimate of drug-likeness (QED) is 0.594. The first-order chi connectivity index (χ1) is 5.52. The van der Waals surface area contributed by atoms with Gasteiger partial charge in [0.25, 0.3) is 11.2 Å². The molecule has 14 heavy (non-hydrogen) atoms. The van der Waals surface area contributed by atoms with Crippen molar-refractivity contribution in [1.82, 2.24) is 9.55 Å². The number of aromatic nitrogens is 2. The van der Waals surface area contributed by atoms with Crippen LogP contribution in [0.5, 0.6) is 0 Å². The zero-order valence-corrected chi connectivity index (χ0v) is 12.4. The Labute approximate surface area is 116 Å². The minimum absolute atomic E-state index is 0. The van der Waals surface area contributed by atoms with E-state index in [0.29, 0.717) is 6.20 Å². The number of hydrogen-bond donors (Lipinski definition) is 1. The molecule has 6 nitrogen and oxygen atoms in total. The minimum atomic E-state index is -1.41. The van der Waals surface area contributed by atoms with Crippen LogP contribution in [0.2, 0.25) is 0 Å². The normalized spacial score (nSPS) is 8.36. The SMILES string of the molecule is [NH-]C(=O)n1cc(F)c(=O)[nH]c1=O.[W].[Y]. The van der Waals surface area contributed by atoms with Crippen molar-refractivity contribution in [3.8, 4) is 0 Å². The number of hydrogen-bond acceptors (Lipinski definition) is 3. The summed E-state index contributed by atoms with van der Waals surface area (Å²) in [7, 11) is 0. The molecule has 9 heteroatoms. The predicted octanol–water partition coefficient (Wildman–Crippen LogP) is -0.309. The van der Waals surface area contributed by atoms with E-state index in [1.165, 1.54) is 4.98 Å². The summed E-state index contributed by atoms with van der Waals surface area (Å²) >= 11 is 0. The number of carbonyl (C=O) groups is 1. The third-order valence-electron chi connectivity index (χ3n) is 1.12. The van der Waals surface area contributed by atoms with E-state index in [9.17, 15) is 18.8 Å². The van der Waals surface area contributed by atoms with Gasteiger partial charge in [0.1, 0.15) is 0 Å². The van der Waals surface area contributed by atoms with Gasteiger partial charge in [0.15, 0.2) is 11.8 Å². The molecule has 1 aromatic rings. The summed E-state index contributed by atoms with van der Waals surface area (Å²) in [6.45, 7) is 0. The molecular formula is C5H3FN3O3WY-. The van der Waals surface area contributed by atoms with Crippen molar-refractivity contribution in [1.29, 1.82) is 0 Å². The van der Waals surface area contributed by atoms with Gasteiger partial charge in [-0.3, -0.25) is 19.4 Å². The zero-order chi connectivity index (χ0) is 9.30. The van der Waals surface area contributed by atoms with Crippen molar-refractivity contribution in [3.63, 3.8) is 0 Å². The summed E-state index contributed by atoms with van der Waals surface area (Å²) < 4.78 is 12.5. The largest absolute Gasteiger partial charge is 0.447 e. The molecule has 0 bridgehead atoms. The summed E-state index contributed by atoms with van der Waals surface area (Å²) in [5.74, 6) is -1.28. The Morgan fingerprint density at radius 1 is 1.50 bits per heavy atom. The van der Waals surface area contributed by atoms with Crippen LogP contribution >= 0.6 is 0 Å². The number of H-pyrrole nitrogens is 1. The zero-order valence-electron chi connectivity index (χ0n) is 6.61. The molecule has 0 atom stereocenters. The third kappa shape index (κ3) is 3.55. The molecule has 0 aromatic carbocycles. The maximum absolute atomic E-state index is 12.4. The van der Waals surface area contributed by atoms with E-state index in [2.05, 4.69) is 0 Å². The maximum atomic E-state index is 12.4. The fourth-order valence-electron chi connectivity index (χ4n) is 0.599. The Kier molecular flexibility index (Phi) is 7.42. The van der Waals surface area contributed by atoms with Crippen LogP contribution in [0.3, 0.4) is 0 Å². The molecule has 0 aliphatic carbocycles.